The van der Waals surface area contributed by atoms with Crippen LogP contribution in [0.1, 0.15) is 5.56 Å². The molecule has 1 aromatic rings. The first-order valence-corrected chi connectivity index (χ1v) is 7.14. The van der Waals surface area contributed by atoms with Crippen LogP contribution in [-0.4, -0.2) is 24.8 Å². The molecule has 0 aromatic heterocycles. The average molecular weight is 273 g/mol. The van der Waals surface area contributed by atoms with Crippen LogP contribution in [0.15, 0.2) is 30.3 Å². The molecule has 0 bridgehead atoms. The van der Waals surface area contributed by atoms with E-state index in [0.717, 1.165) is 11.8 Å². The molecule has 1 rings (SSSR count). The fraction of sp³-hybridized carbons (Fsp3) is 0.300. The van der Waals surface area contributed by atoms with Gasteiger partial charge in [-0.05, 0) is 17.8 Å². The zero-order valence-corrected chi connectivity index (χ0v) is 11.0. The van der Waals surface area contributed by atoms with Crippen LogP contribution in [-0.2, 0) is 16.3 Å². The Bertz CT molecular complexity index is 502. The molecule has 1 atom stereocenters. The molecular formula is C10H15N3O2S2. The quantitative estimate of drug-likeness (QED) is 0.515. The molecule has 0 aliphatic heterocycles. The highest BCUT2D eigenvalue weighted by Crippen LogP contribution is 2.14. The van der Waals surface area contributed by atoms with E-state index in [0.29, 0.717) is 0 Å². The Morgan fingerprint density at radius 1 is 1.41 bits per heavy atom. The highest BCUT2D eigenvalue weighted by atomic mass is 32.2. The van der Waals surface area contributed by atoms with E-state index in [1.165, 1.54) is 0 Å². The van der Waals surface area contributed by atoms with Crippen LogP contribution in [0.25, 0.3) is 0 Å². The number of benzene rings is 1. The van der Waals surface area contributed by atoms with E-state index in [2.05, 4.69) is 17.5 Å². The van der Waals surface area contributed by atoms with Crippen molar-refractivity contribution in [3.63, 3.8) is 0 Å². The standard InChI is InChI=1S/C10H15N3O2S2/c1-17(14,15)10(12,13-9(11)16)7-8-5-3-2-4-6-8/h2-6H,7,12H2,1H3,(H3,11,13,16). The van der Waals surface area contributed by atoms with Crippen molar-refractivity contribution in [2.45, 2.75) is 11.4 Å². The number of nitrogens with one attached hydrogen (secondary N) is 1. The normalized spacial score (nSPS) is 14.9. The van der Waals surface area contributed by atoms with Crippen molar-refractivity contribution in [2.24, 2.45) is 11.5 Å². The number of thiocarbonyl (C=S) groups is 1. The fourth-order valence-electron chi connectivity index (χ4n) is 1.38. The molecule has 1 aromatic carbocycles. The average Bonchev–Trinajstić information content (AvgIpc) is 2.15. The lowest BCUT2D eigenvalue weighted by atomic mass is 10.1. The highest BCUT2D eigenvalue weighted by Gasteiger charge is 2.37. The summed E-state index contributed by atoms with van der Waals surface area (Å²) >= 11 is 4.65. The Morgan fingerprint density at radius 3 is 2.35 bits per heavy atom. The topological polar surface area (TPSA) is 98.2 Å². The van der Waals surface area contributed by atoms with Crippen LogP contribution in [0.3, 0.4) is 0 Å². The first-order chi connectivity index (χ1) is 7.74. The van der Waals surface area contributed by atoms with Crippen LogP contribution >= 0.6 is 12.2 Å². The molecule has 5 nitrogen and oxygen atoms in total. The summed E-state index contributed by atoms with van der Waals surface area (Å²) in [5.74, 6) is 0. The van der Waals surface area contributed by atoms with Gasteiger partial charge in [0.2, 0.25) is 0 Å². The Hall–Kier alpha value is -1.18. The minimum absolute atomic E-state index is 0.0873. The van der Waals surface area contributed by atoms with Gasteiger partial charge in [0, 0.05) is 12.7 Å². The van der Waals surface area contributed by atoms with E-state index in [-0.39, 0.29) is 11.5 Å². The second kappa shape index (κ2) is 4.99. The first-order valence-electron chi connectivity index (χ1n) is 4.84. The summed E-state index contributed by atoms with van der Waals surface area (Å²) < 4.78 is 23.4. The SMILES string of the molecule is CS(=O)(=O)C(N)(Cc1ccccc1)NC(N)=S. The molecule has 0 aliphatic rings. The molecule has 0 saturated heterocycles. The summed E-state index contributed by atoms with van der Waals surface area (Å²) in [5.41, 5.74) is 11.9. The fourth-order valence-corrected chi connectivity index (χ4v) is 2.35. The zero-order valence-electron chi connectivity index (χ0n) is 9.38. The van der Waals surface area contributed by atoms with Gasteiger partial charge in [-0.2, -0.15) is 0 Å². The zero-order chi connectivity index (χ0) is 13.1. The van der Waals surface area contributed by atoms with E-state index in [9.17, 15) is 8.42 Å². The van der Waals surface area contributed by atoms with Crippen LogP contribution < -0.4 is 16.8 Å². The van der Waals surface area contributed by atoms with Crippen molar-refractivity contribution in [3.05, 3.63) is 35.9 Å². The first kappa shape index (κ1) is 13.9. The number of rotatable bonds is 4. The third-order valence-corrected chi connectivity index (χ3v) is 3.98. The predicted octanol–water partition coefficient (Wildman–Crippen LogP) is -0.281. The van der Waals surface area contributed by atoms with E-state index in [1.807, 2.05) is 6.07 Å². The van der Waals surface area contributed by atoms with Gasteiger partial charge in [0.25, 0.3) is 0 Å². The van der Waals surface area contributed by atoms with Crippen LogP contribution in [0.2, 0.25) is 0 Å². The molecule has 0 saturated carbocycles. The maximum absolute atomic E-state index is 11.7. The molecule has 0 heterocycles. The van der Waals surface area contributed by atoms with Crippen molar-refractivity contribution in [3.8, 4) is 0 Å². The number of hydrogen-bond acceptors (Lipinski definition) is 4. The lowest BCUT2D eigenvalue weighted by Crippen LogP contribution is -2.63. The maximum Gasteiger partial charge on any atom is 0.196 e. The summed E-state index contributed by atoms with van der Waals surface area (Å²) in [4.78, 5) is -1.68. The van der Waals surface area contributed by atoms with E-state index >= 15 is 0 Å². The minimum atomic E-state index is -3.56. The van der Waals surface area contributed by atoms with Gasteiger partial charge in [-0.3, -0.25) is 5.73 Å². The molecule has 0 amide bonds. The molecule has 0 aliphatic carbocycles. The molecule has 94 valence electrons. The van der Waals surface area contributed by atoms with E-state index in [1.54, 1.807) is 24.3 Å². The van der Waals surface area contributed by atoms with Crippen LogP contribution in [0, 0.1) is 0 Å². The Kier molecular flexibility index (Phi) is 4.07. The monoisotopic (exact) mass is 273 g/mol. The van der Waals surface area contributed by atoms with Crippen LogP contribution in [0.5, 0.6) is 0 Å². The number of nitrogens with two attached hydrogens (primary N) is 2. The third-order valence-electron chi connectivity index (χ3n) is 2.31. The van der Waals surface area contributed by atoms with Gasteiger partial charge in [0.1, 0.15) is 0 Å². The summed E-state index contributed by atoms with van der Waals surface area (Å²) in [6.07, 6.45) is 1.13. The van der Waals surface area contributed by atoms with Crippen molar-refractivity contribution in [1.82, 2.24) is 5.32 Å². The predicted molar refractivity (Wildman–Crippen MR) is 71.8 cm³/mol. The highest BCUT2D eigenvalue weighted by molar-refractivity contribution is 7.92. The van der Waals surface area contributed by atoms with Crippen molar-refractivity contribution < 1.29 is 8.42 Å². The van der Waals surface area contributed by atoms with Crippen molar-refractivity contribution in [2.75, 3.05) is 6.26 Å². The van der Waals surface area contributed by atoms with Gasteiger partial charge in [0.05, 0.1) is 0 Å². The molecule has 5 N–H and O–H groups in total. The van der Waals surface area contributed by atoms with Crippen molar-refractivity contribution in [1.29, 1.82) is 0 Å². The van der Waals surface area contributed by atoms with Gasteiger partial charge in [-0.15, -0.1) is 0 Å². The van der Waals surface area contributed by atoms with E-state index < -0.39 is 14.8 Å². The summed E-state index contributed by atoms with van der Waals surface area (Å²) in [7, 11) is -3.56. The van der Waals surface area contributed by atoms with Crippen LogP contribution in [0.4, 0.5) is 0 Å². The van der Waals surface area contributed by atoms with Gasteiger partial charge < -0.3 is 11.1 Å². The molecule has 0 fully saturated rings. The minimum Gasteiger partial charge on any atom is -0.376 e. The summed E-state index contributed by atoms with van der Waals surface area (Å²) in [6.45, 7) is 0. The number of sulfone groups is 1. The maximum atomic E-state index is 11.7. The second-order valence-corrected chi connectivity index (χ2v) is 6.53. The van der Waals surface area contributed by atoms with Crippen molar-refractivity contribution >= 4 is 27.2 Å². The Balaban J connectivity index is 3.05. The third kappa shape index (κ3) is 3.65. The Morgan fingerprint density at radius 2 is 1.94 bits per heavy atom. The molecule has 1 unspecified atom stereocenters. The molecular weight excluding hydrogens is 258 g/mol. The largest absolute Gasteiger partial charge is 0.376 e. The van der Waals surface area contributed by atoms with E-state index in [4.69, 9.17) is 11.5 Å². The number of hydrogen-bond donors (Lipinski definition) is 3. The van der Waals surface area contributed by atoms with Gasteiger partial charge >= 0.3 is 0 Å². The second-order valence-electron chi connectivity index (χ2n) is 3.81. The summed E-state index contributed by atoms with van der Waals surface area (Å²) in [6, 6.07) is 9.02. The Labute approximate surface area is 106 Å². The lowest BCUT2D eigenvalue weighted by molar-refractivity contribution is 0.494. The summed E-state index contributed by atoms with van der Waals surface area (Å²) in [5, 5.41) is 2.30. The lowest BCUT2D eigenvalue weighted by Gasteiger charge is -2.29. The molecule has 0 radical (unpaired) electrons. The van der Waals surface area contributed by atoms with Gasteiger partial charge in [-0.1, -0.05) is 30.3 Å². The smallest absolute Gasteiger partial charge is 0.196 e. The van der Waals surface area contributed by atoms with Gasteiger partial charge in [0.15, 0.2) is 19.9 Å². The molecule has 0 spiro atoms. The molecule has 7 heteroatoms. The molecule has 17 heavy (non-hydrogen) atoms. The van der Waals surface area contributed by atoms with Gasteiger partial charge in [-0.25, -0.2) is 8.42 Å².